The van der Waals surface area contributed by atoms with Crippen LogP contribution in [-0.2, 0) is 11.2 Å². The maximum absolute atomic E-state index is 12.7. The van der Waals surface area contributed by atoms with Crippen molar-refractivity contribution in [1.82, 2.24) is 28.9 Å². The smallest absolute Gasteiger partial charge is 0.290 e. The molecular formula is C22H25N7O3. The van der Waals surface area contributed by atoms with Crippen molar-refractivity contribution in [3.63, 3.8) is 0 Å². The minimum Gasteiger partial charge on any atom is -0.483 e. The SMILES string of the molecule is CCc1nnc2cc(C(=O)Nc3ccc4nc(C5CCCN5C)cn4c3)ccn12.O=CO. The van der Waals surface area contributed by atoms with Crippen LogP contribution in [0, 0.1) is 0 Å². The van der Waals surface area contributed by atoms with Gasteiger partial charge in [0.05, 0.1) is 17.4 Å². The van der Waals surface area contributed by atoms with Gasteiger partial charge in [-0.1, -0.05) is 6.92 Å². The van der Waals surface area contributed by atoms with Crippen molar-refractivity contribution in [1.29, 1.82) is 0 Å². The summed E-state index contributed by atoms with van der Waals surface area (Å²) in [5, 5.41) is 18.1. The molecule has 5 rings (SSSR count). The molecule has 32 heavy (non-hydrogen) atoms. The van der Waals surface area contributed by atoms with E-state index < -0.39 is 0 Å². The van der Waals surface area contributed by atoms with Crippen molar-refractivity contribution in [3.05, 3.63) is 59.9 Å². The van der Waals surface area contributed by atoms with Gasteiger partial charge in [-0.15, -0.1) is 10.2 Å². The van der Waals surface area contributed by atoms with Crippen molar-refractivity contribution < 1.29 is 14.7 Å². The number of fused-ring (bicyclic) bond motifs is 2. The standard InChI is InChI=1S/C21H23N7O.CH2O2/c1-3-18-24-25-20-11-14(8-10-28(18)20)21(29)22-15-6-7-19-23-16(13-27(19)12-15)17-5-4-9-26(17)2;2-1-3/h6-8,10-13,17H,3-5,9H2,1-2H3,(H,22,29);1H,(H,2,3). The fourth-order valence-corrected chi connectivity index (χ4v) is 4.06. The lowest BCUT2D eigenvalue weighted by Crippen LogP contribution is -2.17. The van der Waals surface area contributed by atoms with Gasteiger partial charge in [0.15, 0.2) is 5.65 Å². The molecule has 1 atom stereocenters. The van der Waals surface area contributed by atoms with Crippen molar-refractivity contribution in [2.75, 3.05) is 18.9 Å². The molecule has 0 spiro atoms. The predicted molar refractivity (Wildman–Crippen MR) is 119 cm³/mol. The third-order valence-electron chi connectivity index (χ3n) is 5.65. The lowest BCUT2D eigenvalue weighted by atomic mass is 10.2. The van der Waals surface area contributed by atoms with Gasteiger partial charge in [-0.05, 0) is 50.7 Å². The number of aromatic nitrogens is 5. The highest BCUT2D eigenvalue weighted by Gasteiger charge is 2.24. The maximum Gasteiger partial charge on any atom is 0.290 e. The summed E-state index contributed by atoms with van der Waals surface area (Å²) in [4.78, 5) is 28.2. The second-order valence-corrected chi connectivity index (χ2v) is 7.66. The number of nitrogens with zero attached hydrogens (tertiary/aromatic N) is 6. The minimum atomic E-state index is -0.250. The maximum atomic E-state index is 12.7. The van der Waals surface area contributed by atoms with E-state index in [-0.39, 0.29) is 12.4 Å². The minimum absolute atomic E-state index is 0.177. The highest BCUT2D eigenvalue weighted by atomic mass is 16.3. The number of hydrogen-bond acceptors (Lipinski definition) is 6. The highest BCUT2D eigenvalue weighted by Crippen LogP contribution is 2.30. The molecule has 1 fully saturated rings. The molecule has 1 aliphatic rings. The van der Waals surface area contributed by atoms with Crippen LogP contribution in [0.15, 0.2) is 42.9 Å². The summed E-state index contributed by atoms with van der Waals surface area (Å²) in [5.74, 6) is 0.699. The fourth-order valence-electron chi connectivity index (χ4n) is 4.06. The van der Waals surface area contributed by atoms with E-state index in [4.69, 9.17) is 14.9 Å². The van der Waals surface area contributed by atoms with Crippen LogP contribution in [-0.4, -0.2) is 60.0 Å². The molecule has 10 nitrogen and oxygen atoms in total. The van der Waals surface area contributed by atoms with Gasteiger partial charge in [-0.2, -0.15) is 0 Å². The molecule has 1 aliphatic heterocycles. The number of amides is 1. The second-order valence-electron chi connectivity index (χ2n) is 7.66. The average molecular weight is 435 g/mol. The summed E-state index contributed by atoms with van der Waals surface area (Å²) < 4.78 is 3.88. The molecule has 4 aromatic rings. The number of nitrogens with one attached hydrogen (secondary N) is 1. The first-order valence-corrected chi connectivity index (χ1v) is 10.5. The Balaban J connectivity index is 0.000000775. The Hall–Kier alpha value is -3.79. The summed E-state index contributed by atoms with van der Waals surface area (Å²) in [5.41, 5.74) is 3.91. The molecule has 5 heterocycles. The zero-order valence-corrected chi connectivity index (χ0v) is 18.0. The van der Waals surface area contributed by atoms with E-state index in [1.165, 1.54) is 6.42 Å². The zero-order valence-electron chi connectivity index (χ0n) is 18.0. The summed E-state index contributed by atoms with van der Waals surface area (Å²) in [6, 6.07) is 7.73. The van der Waals surface area contributed by atoms with Crippen LogP contribution in [0.4, 0.5) is 5.69 Å². The normalized spacial score (nSPS) is 16.1. The number of pyridine rings is 2. The van der Waals surface area contributed by atoms with Crippen molar-refractivity contribution in [2.24, 2.45) is 0 Å². The Morgan fingerprint density at radius 3 is 2.78 bits per heavy atom. The third kappa shape index (κ3) is 4.17. The number of likely N-dealkylation sites (tertiary alicyclic amines) is 1. The van der Waals surface area contributed by atoms with Crippen molar-refractivity contribution in [3.8, 4) is 0 Å². The largest absolute Gasteiger partial charge is 0.483 e. The molecule has 166 valence electrons. The van der Waals surface area contributed by atoms with Crippen molar-refractivity contribution >= 4 is 29.4 Å². The number of carboxylic acid groups (broad SMARTS) is 1. The number of aryl methyl sites for hydroxylation is 1. The summed E-state index contributed by atoms with van der Waals surface area (Å²) in [6.45, 7) is 2.88. The van der Waals surface area contributed by atoms with E-state index in [0.29, 0.717) is 17.3 Å². The number of rotatable bonds is 4. The molecule has 1 unspecified atom stereocenters. The Morgan fingerprint density at radius 1 is 1.25 bits per heavy atom. The molecule has 10 heteroatoms. The lowest BCUT2D eigenvalue weighted by Gasteiger charge is -2.16. The molecule has 0 aliphatic carbocycles. The van der Waals surface area contributed by atoms with Gasteiger partial charge in [0, 0.05) is 30.6 Å². The van der Waals surface area contributed by atoms with Gasteiger partial charge in [0.1, 0.15) is 11.5 Å². The van der Waals surface area contributed by atoms with Crippen LogP contribution >= 0.6 is 0 Å². The average Bonchev–Trinajstić information content (AvgIpc) is 3.50. The number of carbonyl (C=O) groups is 2. The summed E-state index contributed by atoms with van der Waals surface area (Å²) in [6.07, 6.45) is 8.93. The van der Waals surface area contributed by atoms with Gasteiger partial charge in [-0.3, -0.25) is 18.9 Å². The lowest BCUT2D eigenvalue weighted by molar-refractivity contribution is -0.122. The van der Waals surface area contributed by atoms with Crippen LogP contribution < -0.4 is 5.32 Å². The number of carbonyl (C=O) groups excluding carboxylic acids is 1. The Kier molecular flexibility index (Phi) is 6.13. The van der Waals surface area contributed by atoms with E-state index in [1.54, 1.807) is 12.1 Å². The van der Waals surface area contributed by atoms with Gasteiger partial charge < -0.3 is 14.8 Å². The van der Waals surface area contributed by atoms with E-state index in [9.17, 15) is 4.79 Å². The summed E-state index contributed by atoms with van der Waals surface area (Å²) >= 11 is 0. The topological polar surface area (TPSA) is 117 Å². The fraction of sp³-hybridized carbons (Fsp3) is 0.318. The first-order valence-electron chi connectivity index (χ1n) is 10.5. The first kappa shape index (κ1) is 21.4. The van der Waals surface area contributed by atoms with E-state index in [0.717, 1.165) is 42.2 Å². The second kappa shape index (κ2) is 9.15. The zero-order chi connectivity index (χ0) is 22.7. The Morgan fingerprint density at radius 2 is 2.06 bits per heavy atom. The van der Waals surface area contributed by atoms with Gasteiger partial charge in [0.25, 0.3) is 12.4 Å². The first-order chi connectivity index (χ1) is 15.5. The molecule has 4 aromatic heterocycles. The molecule has 0 radical (unpaired) electrons. The molecule has 1 saturated heterocycles. The highest BCUT2D eigenvalue weighted by molar-refractivity contribution is 6.04. The van der Waals surface area contributed by atoms with Gasteiger partial charge >= 0.3 is 0 Å². The quantitative estimate of drug-likeness (QED) is 0.473. The van der Waals surface area contributed by atoms with E-state index in [1.807, 2.05) is 40.3 Å². The van der Waals surface area contributed by atoms with E-state index >= 15 is 0 Å². The number of anilines is 1. The molecule has 0 aromatic carbocycles. The van der Waals surface area contributed by atoms with Crippen molar-refractivity contribution in [2.45, 2.75) is 32.2 Å². The summed E-state index contributed by atoms with van der Waals surface area (Å²) in [7, 11) is 2.14. The third-order valence-corrected chi connectivity index (χ3v) is 5.65. The van der Waals surface area contributed by atoms with Crippen LogP contribution in [0.2, 0.25) is 0 Å². The number of imidazole rings is 1. The Labute approximate surface area is 184 Å². The molecule has 2 N–H and O–H groups in total. The van der Waals surface area contributed by atoms with E-state index in [2.05, 4.69) is 33.7 Å². The predicted octanol–water partition coefficient (Wildman–Crippen LogP) is 2.66. The monoisotopic (exact) mass is 435 g/mol. The Bertz CT molecular complexity index is 1260. The van der Waals surface area contributed by atoms with Crippen LogP contribution in [0.5, 0.6) is 0 Å². The van der Waals surface area contributed by atoms with Crippen LogP contribution in [0.1, 0.15) is 47.7 Å². The van der Waals surface area contributed by atoms with Gasteiger partial charge in [0.2, 0.25) is 0 Å². The molecule has 0 bridgehead atoms. The number of hydrogen-bond donors (Lipinski definition) is 2. The van der Waals surface area contributed by atoms with Crippen LogP contribution in [0.3, 0.4) is 0 Å². The van der Waals surface area contributed by atoms with Gasteiger partial charge in [-0.25, -0.2) is 4.98 Å². The molecule has 0 saturated carbocycles. The molecular weight excluding hydrogens is 410 g/mol. The van der Waals surface area contributed by atoms with Crippen LogP contribution in [0.25, 0.3) is 11.3 Å². The molecule has 1 amide bonds.